The maximum Gasteiger partial charge on any atom is 0.292 e. The third kappa shape index (κ3) is 4.26. The molecule has 0 atom stereocenters. The summed E-state index contributed by atoms with van der Waals surface area (Å²) < 4.78 is 7.18. The van der Waals surface area contributed by atoms with Gasteiger partial charge in [-0.15, -0.1) is 10.2 Å². The van der Waals surface area contributed by atoms with Crippen molar-refractivity contribution in [1.82, 2.24) is 19.7 Å². The summed E-state index contributed by atoms with van der Waals surface area (Å²) in [5, 5.41) is 20.3. The Morgan fingerprint density at radius 1 is 1.19 bits per heavy atom. The van der Waals surface area contributed by atoms with E-state index in [0.29, 0.717) is 42.8 Å². The van der Waals surface area contributed by atoms with Gasteiger partial charge in [-0.25, -0.2) is 0 Å². The highest BCUT2D eigenvalue weighted by atomic mass is 32.2. The summed E-state index contributed by atoms with van der Waals surface area (Å²) >= 11 is 1.34. The number of amides is 1. The number of anilines is 1. The highest BCUT2D eigenvalue weighted by Crippen LogP contribution is 2.29. The maximum atomic E-state index is 12.7. The van der Waals surface area contributed by atoms with Gasteiger partial charge in [-0.05, 0) is 19.1 Å². The summed E-state index contributed by atoms with van der Waals surface area (Å²) in [4.78, 5) is 27.3. The molecule has 2 aromatic heterocycles. The minimum Gasteiger partial charge on any atom is -0.469 e. The summed E-state index contributed by atoms with van der Waals surface area (Å²) in [7, 11) is 1.86. The number of furan rings is 1. The lowest BCUT2D eigenvalue weighted by atomic mass is 10.2. The van der Waals surface area contributed by atoms with Gasteiger partial charge in [0, 0.05) is 39.3 Å². The van der Waals surface area contributed by atoms with Crippen LogP contribution in [0.5, 0.6) is 0 Å². The summed E-state index contributed by atoms with van der Waals surface area (Å²) in [6, 6.07) is 8.54. The minimum absolute atomic E-state index is 0.0104. The molecule has 1 fully saturated rings. The lowest BCUT2D eigenvalue weighted by Gasteiger charge is -2.35. The van der Waals surface area contributed by atoms with Gasteiger partial charge in [-0.1, -0.05) is 23.9 Å². The zero-order valence-electron chi connectivity index (χ0n) is 17.2. The molecule has 0 radical (unpaired) electrons. The van der Waals surface area contributed by atoms with Crippen molar-refractivity contribution < 1.29 is 14.1 Å². The molecule has 0 bridgehead atoms. The number of rotatable bonds is 6. The second-order valence-electron chi connectivity index (χ2n) is 7.16. The number of nitro benzene ring substituents is 1. The van der Waals surface area contributed by atoms with Crippen molar-refractivity contribution in [2.24, 2.45) is 7.05 Å². The number of para-hydroxylation sites is 2. The smallest absolute Gasteiger partial charge is 0.292 e. The van der Waals surface area contributed by atoms with Crippen LogP contribution in [0.1, 0.15) is 5.76 Å². The van der Waals surface area contributed by atoms with Gasteiger partial charge in [0.25, 0.3) is 5.69 Å². The van der Waals surface area contributed by atoms with Crippen LogP contribution in [0.4, 0.5) is 11.4 Å². The average molecular weight is 443 g/mol. The van der Waals surface area contributed by atoms with E-state index in [2.05, 4.69) is 10.2 Å². The first-order valence-electron chi connectivity index (χ1n) is 9.78. The fraction of sp³-hybridized carbons (Fsp3) is 0.350. The number of hydrogen-bond donors (Lipinski definition) is 0. The van der Waals surface area contributed by atoms with Crippen LogP contribution in [-0.2, 0) is 11.8 Å². The SMILES string of the molecule is Cc1occc1-c1nnc(SCC(=O)N2CCN(c3ccccc3[N+](=O)[O-])CC2)n1C. The Kier molecular flexibility index (Phi) is 5.94. The van der Waals surface area contributed by atoms with Crippen molar-refractivity contribution in [3.8, 4) is 11.4 Å². The number of nitro groups is 1. The van der Waals surface area contributed by atoms with E-state index in [9.17, 15) is 14.9 Å². The first-order valence-corrected chi connectivity index (χ1v) is 10.8. The van der Waals surface area contributed by atoms with Gasteiger partial charge in [0.05, 0.1) is 22.5 Å². The summed E-state index contributed by atoms with van der Waals surface area (Å²) in [5.74, 6) is 1.72. The van der Waals surface area contributed by atoms with E-state index in [-0.39, 0.29) is 22.3 Å². The Bertz CT molecular complexity index is 1100. The zero-order chi connectivity index (χ0) is 22.0. The van der Waals surface area contributed by atoms with E-state index in [1.165, 1.54) is 17.8 Å². The van der Waals surface area contributed by atoms with Gasteiger partial charge in [0.1, 0.15) is 11.4 Å². The van der Waals surface area contributed by atoms with Crippen molar-refractivity contribution in [3.05, 3.63) is 52.5 Å². The Morgan fingerprint density at radius 3 is 2.61 bits per heavy atom. The fourth-order valence-corrected chi connectivity index (χ4v) is 4.41. The second kappa shape index (κ2) is 8.80. The number of thioether (sulfide) groups is 1. The predicted octanol–water partition coefficient (Wildman–Crippen LogP) is 2.73. The van der Waals surface area contributed by atoms with E-state index >= 15 is 0 Å². The van der Waals surface area contributed by atoms with Crippen LogP contribution in [0, 0.1) is 17.0 Å². The molecule has 3 heterocycles. The standard InChI is InChI=1S/C20H22N6O4S/c1-14-15(7-12-30-14)19-21-22-20(23(19)2)31-13-18(27)25-10-8-24(9-11-25)16-5-3-4-6-17(16)26(28)29/h3-7,12H,8-11,13H2,1-2H3. The van der Waals surface area contributed by atoms with Gasteiger partial charge in [-0.2, -0.15) is 0 Å². The third-order valence-corrected chi connectivity index (χ3v) is 6.32. The first-order chi connectivity index (χ1) is 15.0. The van der Waals surface area contributed by atoms with Gasteiger partial charge in [0.15, 0.2) is 11.0 Å². The molecule has 11 heteroatoms. The van der Waals surface area contributed by atoms with Crippen molar-refractivity contribution in [2.45, 2.75) is 12.1 Å². The van der Waals surface area contributed by atoms with Crippen LogP contribution in [0.2, 0.25) is 0 Å². The molecule has 1 aliphatic rings. The summed E-state index contributed by atoms with van der Waals surface area (Å²) in [6.07, 6.45) is 1.61. The fourth-order valence-electron chi connectivity index (χ4n) is 3.59. The molecule has 3 aromatic rings. The lowest BCUT2D eigenvalue weighted by Crippen LogP contribution is -2.49. The molecule has 10 nitrogen and oxygen atoms in total. The molecular weight excluding hydrogens is 420 g/mol. The van der Waals surface area contributed by atoms with Crippen LogP contribution >= 0.6 is 11.8 Å². The molecule has 0 aliphatic carbocycles. The molecule has 0 saturated carbocycles. The normalized spacial score (nSPS) is 14.1. The van der Waals surface area contributed by atoms with E-state index < -0.39 is 0 Å². The van der Waals surface area contributed by atoms with Crippen molar-refractivity contribution in [3.63, 3.8) is 0 Å². The first kappa shape index (κ1) is 20.9. The number of hydrogen-bond acceptors (Lipinski definition) is 8. The highest BCUT2D eigenvalue weighted by molar-refractivity contribution is 7.99. The molecule has 0 N–H and O–H groups in total. The quantitative estimate of drug-likeness (QED) is 0.326. The maximum absolute atomic E-state index is 12.7. The van der Waals surface area contributed by atoms with Crippen molar-refractivity contribution in [2.75, 3.05) is 36.8 Å². The zero-order valence-corrected chi connectivity index (χ0v) is 18.0. The monoisotopic (exact) mass is 442 g/mol. The van der Waals surface area contributed by atoms with Crippen LogP contribution in [0.3, 0.4) is 0 Å². The molecule has 31 heavy (non-hydrogen) atoms. The van der Waals surface area contributed by atoms with Crippen LogP contribution in [0.25, 0.3) is 11.4 Å². The predicted molar refractivity (Wildman–Crippen MR) is 116 cm³/mol. The Hall–Kier alpha value is -3.34. The second-order valence-corrected chi connectivity index (χ2v) is 8.10. The number of piperazine rings is 1. The molecule has 1 aliphatic heterocycles. The van der Waals surface area contributed by atoms with Gasteiger partial charge < -0.3 is 18.8 Å². The Morgan fingerprint density at radius 2 is 1.94 bits per heavy atom. The number of nitrogens with zero attached hydrogens (tertiary/aromatic N) is 6. The molecule has 1 aromatic carbocycles. The molecule has 162 valence electrons. The van der Waals surface area contributed by atoms with E-state index in [4.69, 9.17) is 4.42 Å². The lowest BCUT2D eigenvalue weighted by molar-refractivity contribution is -0.384. The third-order valence-electron chi connectivity index (χ3n) is 5.31. The topological polar surface area (TPSA) is 111 Å². The van der Waals surface area contributed by atoms with Crippen molar-refractivity contribution >= 4 is 29.0 Å². The van der Waals surface area contributed by atoms with Gasteiger partial charge in [-0.3, -0.25) is 14.9 Å². The molecular formula is C20H22N6O4S. The number of aromatic nitrogens is 3. The minimum atomic E-state index is -0.371. The van der Waals surface area contributed by atoms with E-state index in [0.717, 1.165) is 11.3 Å². The summed E-state index contributed by atoms with van der Waals surface area (Å²) in [6.45, 7) is 4.00. The van der Waals surface area contributed by atoms with E-state index in [1.807, 2.05) is 29.5 Å². The van der Waals surface area contributed by atoms with Gasteiger partial charge >= 0.3 is 0 Å². The molecule has 4 rings (SSSR count). The van der Waals surface area contributed by atoms with Crippen LogP contribution < -0.4 is 4.90 Å². The molecule has 1 saturated heterocycles. The number of carbonyl (C=O) groups excluding carboxylic acids is 1. The number of aryl methyl sites for hydroxylation is 1. The largest absolute Gasteiger partial charge is 0.469 e. The van der Waals surface area contributed by atoms with Crippen LogP contribution in [-0.4, -0.2) is 62.4 Å². The van der Waals surface area contributed by atoms with Gasteiger partial charge in [0.2, 0.25) is 5.91 Å². The number of benzene rings is 1. The summed E-state index contributed by atoms with van der Waals surface area (Å²) in [5.41, 5.74) is 1.55. The Labute approximate surface area is 183 Å². The van der Waals surface area contributed by atoms with Crippen molar-refractivity contribution in [1.29, 1.82) is 0 Å². The average Bonchev–Trinajstić information content (AvgIpc) is 3.36. The van der Waals surface area contributed by atoms with Crippen LogP contribution in [0.15, 0.2) is 46.2 Å². The Balaban J connectivity index is 1.34. The molecule has 1 amide bonds. The van der Waals surface area contributed by atoms with E-state index in [1.54, 1.807) is 29.4 Å². The number of carbonyl (C=O) groups is 1. The highest BCUT2D eigenvalue weighted by Gasteiger charge is 2.26. The molecule has 0 spiro atoms. The molecule has 0 unspecified atom stereocenters.